The van der Waals surface area contributed by atoms with Crippen molar-refractivity contribution in [3.8, 4) is 0 Å². The Kier molecular flexibility index (Phi) is 2.59. The first kappa shape index (κ1) is 13.6. The van der Waals surface area contributed by atoms with Crippen LogP contribution in [0.25, 0.3) is 0 Å². The molecule has 2 aliphatic heterocycles. The molecular weight excluding hydrogens is 270 g/mol. The zero-order valence-electron chi connectivity index (χ0n) is 10.7. The largest absolute Gasteiger partial charge is 0.454 e. The third-order valence-electron chi connectivity index (χ3n) is 4.53. The Morgan fingerprint density at radius 3 is 2.75 bits per heavy atom. The number of nitrogens with one attached hydrogen (secondary N) is 1. The minimum atomic E-state index is -1.72. The van der Waals surface area contributed by atoms with E-state index in [9.17, 15) is 25.2 Å². The van der Waals surface area contributed by atoms with Crippen molar-refractivity contribution in [3.05, 3.63) is 0 Å². The summed E-state index contributed by atoms with van der Waals surface area (Å²) >= 11 is 0. The van der Waals surface area contributed by atoms with Crippen molar-refractivity contribution >= 4 is 11.9 Å². The van der Waals surface area contributed by atoms with Gasteiger partial charge in [-0.3, -0.25) is 0 Å². The molecule has 2 fully saturated rings. The summed E-state index contributed by atoms with van der Waals surface area (Å²) in [5, 5.41) is 43.6. The molecule has 1 spiro atoms. The minimum absolute atomic E-state index is 0.0238. The molecule has 0 aromatic rings. The summed E-state index contributed by atoms with van der Waals surface area (Å²) in [7, 11) is 0. The molecule has 9 heteroatoms. The number of esters is 1. The highest BCUT2D eigenvalue weighted by atomic mass is 16.6. The minimum Gasteiger partial charge on any atom is -0.454 e. The second-order valence-corrected chi connectivity index (χ2v) is 5.86. The van der Waals surface area contributed by atoms with Crippen LogP contribution in [0.2, 0.25) is 0 Å². The number of hydrogen-bond acceptors (Lipinski definition) is 9. The summed E-state index contributed by atoms with van der Waals surface area (Å²) < 4.78 is 4.92. The molecule has 1 saturated carbocycles. The second-order valence-electron chi connectivity index (χ2n) is 5.86. The molecule has 2 bridgehead atoms. The highest BCUT2D eigenvalue weighted by Gasteiger charge is 2.70. The van der Waals surface area contributed by atoms with Gasteiger partial charge in [0.05, 0.1) is 0 Å². The van der Waals surface area contributed by atoms with Crippen LogP contribution in [0.4, 0.5) is 0 Å². The molecule has 3 aliphatic rings. The fraction of sp³-hybridized carbons (Fsp3) is 0.818. The van der Waals surface area contributed by atoms with Gasteiger partial charge in [0, 0.05) is 5.92 Å². The first-order valence-corrected chi connectivity index (χ1v) is 6.28. The molecule has 1 saturated heterocycles. The highest BCUT2D eigenvalue weighted by Crippen LogP contribution is 2.48. The van der Waals surface area contributed by atoms with Crippen molar-refractivity contribution in [1.82, 2.24) is 5.32 Å². The van der Waals surface area contributed by atoms with Crippen molar-refractivity contribution < 1.29 is 30.0 Å². The molecule has 20 heavy (non-hydrogen) atoms. The molecule has 9 nitrogen and oxygen atoms in total. The van der Waals surface area contributed by atoms with Crippen LogP contribution in [0.15, 0.2) is 4.99 Å². The van der Waals surface area contributed by atoms with Crippen LogP contribution in [0.1, 0.15) is 13.3 Å². The summed E-state index contributed by atoms with van der Waals surface area (Å²) in [6.45, 7) is 1.39. The van der Waals surface area contributed by atoms with Gasteiger partial charge in [-0.25, -0.2) is 9.79 Å². The van der Waals surface area contributed by atoms with E-state index >= 15 is 0 Å². The van der Waals surface area contributed by atoms with Crippen molar-refractivity contribution in [2.75, 3.05) is 0 Å². The number of rotatable bonds is 0. The van der Waals surface area contributed by atoms with Gasteiger partial charge in [-0.2, -0.15) is 0 Å². The van der Waals surface area contributed by atoms with Gasteiger partial charge in [-0.05, 0) is 13.3 Å². The Balaban J connectivity index is 2.16. The zero-order valence-corrected chi connectivity index (χ0v) is 10.7. The molecule has 7 atom stereocenters. The smallest absolute Gasteiger partial charge is 0.338 e. The fourth-order valence-electron chi connectivity index (χ4n) is 3.55. The topological polar surface area (TPSA) is 158 Å². The third-order valence-corrected chi connectivity index (χ3v) is 4.53. The third kappa shape index (κ3) is 1.46. The van der Waals surface area contributed by atoms with E-state index in [1.807, 2.05) is 0 Å². The van der Waals surface area contributed by atoms with Gasteiger partial charge in [-0.15, -0.1) is 0 Å². The van der Waals surface area contributed by atoms with Crippen LogP contribution >= 0.6 is 0 Å². The maximum atomic E-state index is 11.8. The maximum absolute atomic E-state index is 11.8. The lowest BCUT2D eigenvalue weighted by atomic mass is 9.59. The Labute approximate surface area is 114 Å². The predicted molar refractivity (Wildman–Crippen MR) is 64.1 cm³/mol. The van der Waals surface area contributed by atoms with Crippen LogP contribution in [-0.2, 0) is 9.53 Å². The van der Waals surface area contributed by atoms with Crippen LogP contribution in [0, 0.1) is 5.92 Å². The number of nitrogens with two attached hydrogens (primary N) is 1. The van der Waals surface area contributed by atoms with E-state index in [-0.39, 0.29) is 12.4 Å². The number of ether oxygens (including phenoxy) is 1. The zero-order chi connectivity index (χ0) is 14.9. The number of aliphatic imine (C=N–C) groups is 1. The number of guanidine groups is 1. The normalized spacial score (nSPS) is 54.4. The van der Waals surface area contributed by atoms with E-state index in [0.717, 1.165) is 0 Å². The monoisotopic (exact) mass is 287 g/mol. The van der Waals surface area contributed by atoms with Gasteiger partial charge in [0.15, 0.2) is 24.4 Å². The fourth-order valence-corrected chi connectivity index (χ4v) is 3.55. The lowest BCUT2D eigenvalue weighted by Gasteiger charge is -2.60. The van der Waals surface area contributed by atoms with E-state index in [1.165, 1.54) is 6.92 Å². The van der Waals surface area contributed by atoms with E-state index in [4.69, 9.17) is 10.5 Å². The standard InChI is InChI=1S/C11H17N3O6/c1-10(19)2-3-7(17)13-9(12)14-11(3)4(15)6(10)20-8(18)5(11)16/h3-7,15-17,19H,2H2,1H3,(H3,12,13,14)/t3?,4-,5?,6+,7-,10+,11-/m1/s1. The summed E-state index contributed by atoms with van der Waals surface area (Å²) in [5.41, 5.74) is 2.38. The van der Waals surface area contributed by atoms with E-state index in [1.54, 1.807) is 0 Å². The number of nitrogens with zero attached hydrogens (tertiary/aromatic N) is 1. The van der Waals surface area contributed by atoms with E-state index < -0.39 is 47.6 Å². The first-order chi connectivity index (χ1) is 9.20. The molecule has 0 amide bonds. The second kappa shape index (κ2) is 3.82. The first-order valence-electron chi connectivity index (χ1n) is 6.28. The summed E-state index contributed by atoms with van der Waals surface area (Å²) in [5.74, 6) is -2.07. The molecule has 7 N–H and O–H groups in total. The van der Waals surface area contributed by atoms with Crippen LogP contribution < -0.4 is 11.1 Å². The Bertz CT molecular complexity index is 495. The van der Waals surface area contributed by atoms with E-state index in [2.05, 4.69) is 10.3 Å². The average molecular weight is 287 g/mol. The maximum Gasteiger partial charge on any atom is 0.338 e. The molecule has 2 heterocycles. The SMILES string of the molecule is C[C@]1(O)CC2[C@@H](O)N=C(N)N[C@]23C(O)C(=O)O[C@H]1[C@H]3O. The molecule has 112 valence electrons. The van der Waals surface area contributed by atoms with Gasteiger partial charge < -0.3 is 36.2 Å². The molecule has 0 radical (unpaired) electrons. The summed E-state index contributed by atoms with van der Waals surface area (Å²) in [4.78, 5) is 15.5. The van der Waals surface area contributed by atoms with Crippen molar-refractivity contribution in [2.24, 2.45) is 16.6 Å². The van der Waals surface area contributed by atoms with Gasteiger partial charge in [-0.1, -0.05) is 0 Å². The van der Waals surface area contributed by atoms with Crippen molar-refractivity contribution in [2.45, 2.75) is 49.0 Å². The van der Waals surface area contributed by atoms with Crippen LogP contribution in [0.3, 0.4) is 0 Å². The number of aliphatic hydroxyl groups is 4. The number of hydrogen-bond donors (Lipinski definition) is 6. The van der Waals surface area contributed by atoms with Crippen LogP contribution in [-0.4, -0.2) is 68.0 Å². The molecular formula is C11H17N3O6. The summed E-state index contributed by atoms with van der Waals surface area (Å²) in [6, 6.07) is 0. The summed E-state index contributed by atoms with van der Waals surface area (Å²) in [6.07, 6.45) is -5.75. The Hall–Kier alpha value is -1.42. The Morgan fingerprint density at radius 1 is 1.45 bits per heavy atom. The highest BCUT2D eigenvalue weighted by molar-refractivity contribution is 5.84. The number of carbonyl (C=O) groups is 1. The molecule has 3 rings (SSSR count). The Morgan fingerprint density at radius 2 is 2.10 bits per heavy atom. The number of carbonyl (C=O) groups excluding carboxylic acids is 1. The molecule has 0 aromatic heterocycles. The van der Waals surface area contributed by atoms with Crippen LogP contribution in [0.5, 0.6) is 0 Å². The predicted octanol–water partition coefficient (Wildman–Crippen LogP) is -3.62. The average Bonchev–Trinajstić information content (AvgIpc) is 2.33. The molecule has 1 aliphatic carbocycles. The quantitative estimate of drug-likeness (QED) is 0.249. The lowest BCUT2D eigenvalue weighted by Crippen LogP contribution is -2.84. The molecule has 2 unspecified atom stereocenters. The number of aliphatic hydroxyl groups excluding tert-OH is 3. The lowest BCUT2D eigenvalue weighted by molar-refractivity contribution is -0.267. The van der Waals surface area contributed by atoms with Gasteiger partial charge >= 0.3 is 5.97 Å². The van der Waals surface area contributed by atoms with Gasteiger partial charge in [0.25, 0.3) is 0 Å². The van der Waals surface area contributed by atoms with Crippen molar-refractivity contribution in [1.29, 1.82) is 0 Å². The van der Waals surface area contributed by atoms with Crippen molar-refractivity contribution in [3.63, 3.8) is 0 Å². The molecule has 0 aromatic carbocycles. The van der Waals surface area contributed by atoms with Gasteiger partial charge in [0.2, 0.25) is 0 Å². The van der Waals surface area contributed by atoms with E-state index in [0.29, 0.717) is 0 Å². The van der Waals surface area contributed by atoms with Gasteiger partial charge in [0.1, 0.15) is 17.2 Å². The number of fused-ring (bicyclic) bond motifs is 1.